The van der Waals surface area contributed by atoms with Crippen molar-refractivity contribution in [3.8, 4) is 22.6 Å². The highest BCUT2D eigenvalue weighted by Crippen LogP contribution is 2.25. The molecule has 1 atom stereocenters. The van der Waals surface area contributed by atoms with Crippen LogP contribution in [0.15, 0.2) is 48.5 Å². The quantitative estimate of drug-likeness (QED) is 0.554. The molecule has 0 amide bonds. The van der Waals surface area contributed by atoms with Crippen LogP contribution in [0.2, 0.25) is 0 Å². The Bertz CT molecular complexity index is 573. The molecule has 1 fully saturated rings. The lowest BCUT2D eigenvalue weighted by Crippen LogP contribution is -2.04. The van der Waals surface area contributed by atoms with Crippen molar-refractivity contribution in [3.05, 3.63) is 48.5 Å². The van der Waals surface area contributed by atoms with Crippen LogP contribution in [-0.4, -0.2) is 39.6 Å². The van der Waals surface area contributed by atoms with Gasteiger partial charge in [-0.2, -0.15) is 0 Å². The van der Waals surface area contributed by atoms with Crippen molar-refractivity contribution in [2.24, 2.45) is 0 Å². The van der Waals surface area contributed by atoms with E-state index in [2.05, 4.69) is 24.3 Å². The Morgan fingerprint density at radius 3 is 1.91 bits per heavy atom. The monoisotopic (exact) mass is 300 g/mol. The molecule has 0 saturated carbocycles. The van der Waals surface area contributed by atoms with E-state index in [9.17, 15) is 0 Å². The standard InChI is InChI=1S/C18H20O4/c1-19-10-11-20-16-6-2-14(3-7-16)15-4-8-17(9-5-15)21-12-18-13-22-18/h2-9,18H,10-13H2,1H3. The first kappa shape index (κ1) is 14.9. The summed E-state index contributed by atoms with van der Waals surface area (Å²) in [6.45, 7) is 2.60. The van der Waals surface area contributed by atoms with Crippen molar-refractivity contribution in [2.45, 2.75) is 6.10 Å². The lowest BCUT2D eigenvalue weighted by molar-refractivity contribution is 0.146. The number of hydrogen-bond donors (Lipinski definition) is 0. The average Bonchev–Trinajstić information content (AvgIpc) is 3.39. The summed E-state index contributed by atoms with van der Waals surface area (Å²) < 4.78 is 21.3. The highest BCUT2D eigenvalue weighted by Gasteiger charge is 2.22. The zero-order valence-electron chi connectivity index (χ0n) is 12.7. The van der Waals surface area contributed by atoms with E-state index in [1.165, 1.54) is 0 Å². The van der Waals surface area contributed by atoms with Gasteiger partial charge in [-0.15, -0.1) is 0 Å². The van der Waals surface area contributed by atoms with Crippen LogP contribution in [0.1, 0.15) is 0 Å². The van der Waals surface area contributed by atoms with E-state index >= 15 is 0 Å². The minimum atomic E-state index is 0.283. The van der Waals surface area contributed by atoms with Gasteiger partial charge in [0.2, 0.25) is 0 Å². The number of hydrogen-bond acceptors (Lipinski definition) is 4. The van der Waals surface area contributed by atoms with E-state index in [4.69, 9.17) is 18.9 Å². The molecule has 22 heavy (non-hydrogen) atoms. The molecule has 2 aromatic carbocycles. The molecule has 2 aromatic rings. The minimum Gasteiger partial charge on any atom is -0.491 e. The normalized spacial score (nSPS) is 16.3. The Morgan fingerprint density at radius 2 is 1.41 bits per heavy atom. The summed E-state index contributed by atoms with van der Waals surface area (Å²) in [5, 5.41) is 0. The Kier molecular flexibility index (Phi) is 4.93. The van der Waals surface area contributed by atoms with Crippen LogP contribution in [0.4, 0.5) is 0 Å². The van der Waals surface area contributed by atoms with Crippen molar-refractivity contribution in [1.29, 1.82) is 0 Å². The van der Waals surface area contributed by atoms with Gasteiger partial charge in [-0.1, -0.05) is 24.3 Å². The fourth-order valence-corrected chi connectivity index (χ4v) is 2.08. The van der Waals surface area contributed by atoms with E-state index < -0.39 is 0 Å². The maximum Gasteiger partial charge on any atom is 0.119 e. The number of methoxy groups -OCH3 is 1. The SMILES string of the molecule is COCCOc1ccc(-c2ccc(OCC3CO3)cc2)cc1. The van der Waals surface area contributed by atoms with E-state index in [0.717, 1.165) is 29.2 Å². The van der Waals surface area contributed by atoms with Gasteiger partial charge in [0.05, 0.1) is 13.2 Å². The second-order valence-electron chi connectivity index (χ2n) is 5.16. The van der Waals surface area contributed by atoms with Gasteiger partial charge in [-0.25, -0.2) is 0 Å². The maximum absolute atomic E-state index is 5.64. The molecule has 1 heterocycles. The smallest absolute Gasteiger partial charge is 0.119 e. The third-order valence-electron chi connectivity index (χ3n) is 3.44. The van der Waals surface area contributed by atoms with E-state index in [1.807, 2.05) is 24.3 Å². The summed E-state index contributed by atoms with van der Waals surface area (Å²) >= 11 is 0. The zero-order chi connectivity index (χ0) is 15.2. The summed E-state index contributed by atoms with van der Waals surface area (Å²) in [6, 6.07) is 16.1. The predicted molar refractivity (Wildman–Crippen MR) is 84.5 cm³/mol. The number of rotatable bonds is 8. The molecule has 0 radical (unpaired) electrons. The first-order chi connectivity index (χ1) is 10.8. The molecule has 4 nitrogen and oxygen atoms in total. The Morgan fingerprint density at radius 1 is 0.864 bits per heavy atom. The van der Waals surface area contributed by atoms with Crippen LogP contribution in [0.3, 0.4) is 0 Å². The lowest BCUT2D eigenvalue weighted by Gasteiger charge is -2.08. The Balaban J connectivity index is 1.57. The predicted octanol–water partition coefficient (Wildman–Crippen LogP) is 3.16. The molecule has 0 aliphatic carbocycles. The molecule has 4 heteroatoms. The van der Waals surface area contributed by atoms with Gasteiger partial charge in [-0.3, -0.25) is 0 Å². The molecule has 3 rings (SSSR count). The topological polar surface area (TPSA) is 40.2 Å². The Labute approximate surface area is 130 Å². The van der Waals surface area contributed by atoms with Gasteiger partial charge in [-0.05, 0) is 35.4 Å². The largest absolute Gasteiger partial charge is 0.491 e. The van der Waals surface area contributed by atoms with Gasteiger partial charge in [0.25, 0.3) is 0 Å². The third-order valence-corrected chi connectivity index (χ3v) is 3.44. The van der Waals surface area contributed by atoms with E-state index in [0.29, 0.717) is 19.8 Å². The molecule has 1 aliphatic rings. The zero-order valence-corrected chi connectivity index (χ0v) is 12.7. The number of epoxide rings is 1. The second kappa shape index (κ2) is 7.29. The van der Waals surface area contributed by atoms with Gasteiger partial charge >= 0.3 is 0 Å². The highest BCUT2D eigenvalue weighted by molar-refractivity contribution is 5.64. The minimum absolute atomic E-state index is 0.283. The first-order valence-electron chi connectivity index (χ1n) is 7.42. The van der Waals surface area contributed by atoms with Crippen LogP contribution in [0.5, 0.6) is 11.5 Å². The summed E-state index contributed by atoms with van der Waals surface area (Å²) in [5.74, 6) is 1.73. The molecule has 0 aromatic heterocycles. The molecule has 0 spiro atoms. The van der Waals surface area contributed by atoms with Crippen LogP contribution in [0, 0.1) is 0 Å². The fraction of sp³-hybridized carbons (Fsp3) is 0.333. The van der Waals surface area contributed by atoms with E-state index in [-0.39, 0.29) is 6.10 Å². The number of benzene rings is 2. The molecular weight excluding hydrogens is 280 g/mol. The molecule has 116 valence electrons. The fourth-order valence-electron chi connectivity index (χ4n) is 2.08. The van der Waals surface area contributed by atoms with Crippen molar-refractivity contribution >= 4 is 0 Å². The van der Waals surface area contributed by atoms with Gasteiger partial charge < -0.3 is 18.9 Å². The van der Waals surface area contributed by atoms with E-state index in [1.54, 1.807) is 7.11 Å². The average molecular weight is 300 g/mol. The van der Waals surface area contributed by atoms with Gasteiger partial charge in [0, 0.05) is 7.11 Å². The summed E-state index contributed by atoms with van der Waals surface area (Å²) in [7, 11) is 1.66. The molecule has 1 unspecified atom stereocenters. The maximum atomic E-state index is 5.64. The summed E-state index contributed by atoms with van der Waals surface area (Å²) in [6.07, 6.45) is 0.283. The molecule has 1 saturated heterocycles. The second-order valence-corrected chi connectivity index (χ2v) is 5.16. The van der Waals surface area contributed by atoms with Gasteiger partial charge in [0.1, 0.15) is 30.8 Å². The third kappa shape index (κ3) is 4.23. The van der Waals surface area contributed by atoms with Crippen LogP contribution in [0.25, 0.3) is 11.1 Å². The van der Waals surface area contributed by atoms with Crippen LogP contribution >= 0.6 is 0 Å². The van der Waals surface area contributed by atoms with Crippen LogP contribution in [-0.2, 0) is 9.47 Å². The summed E-state index contributed by atoms with van der Waals surface area (Å²) in [4.78, 5) is 0. The van der Waals surface area contributed by atoms with Crippen molar-refractivity contribution in [3.63, 3.8) is 0 Å². The molecule has 1 aliphatic heterocycles. The van der Waals surface area contributed by atoms with Gasteiger partial charge in [0.15, 0.2) is 0 Å². The Hall–Kier alpha value is -2.04. The van der Waals surface area contributed by atoms with Crippen molar-refractivity contribution in [1.82, 2.24) is 0 Å². The molecule has 0 bridgehead atoms. The summed E-state index contributed by atoms with van der Waals surface area (Å²) in [5.41, 5.74) is 2.30. The lowest BCUT2D eigenvalue weighted by atomic mass is 10.1. The first-order valence-corrected chi connectivity index (χ1v) is 7.42. The van der Waals surface area contributed by atoms with Crippen LogP contribution < -0.4 is 9.47 Å². The molecule has 0 N–H and O–H groups in total. The van der Waals surface area contributed by atoms with Crippen molar-refractivity contribution < 1.29 is 18.9 Å². The highest BCUT2D eigenvalue weighted by atomic mass is 16.6. The van der Waals surface area contributed by atoms with Crippen molar-refractivity contribution in [2.75, 3.05) is 33.5 Å². The molecular formula is C18H20O4. The number of ether oxygens (including phenoxy) is 4.